The number of aryl methyl sites for hydroxylation is 2. The first kappa shape index (κ1) is 26.0. The van der Waals surface area contributed by atoms with E-state index >= 15 is 0 Å². The third-order valence-corrected chi connectivity index (χ3v) is 8.16. The Balaban J connectivity index is 1.18. The highest BCUT2D eigenvalue weighted by molar-refractivity contribution is 7.99. The molecule has 2 aliphatic rings. The van der Waals surface area contributed by atoms with Gasteiger partial charge in [0.25, 0.3) is 11.8 Å². The van der Waals surface area contributed by atoms with E-state index in [-0.39, 0.29) is 40.7 Å². The van der Waals surface area contributed by atoms with Crippen LogP contribution >= 0.6 is 11.8 Å². The molecule has 0 spiro atoms. The number of hydrogen-bond donors (Lipinski definition) is 3. The second-order valence-electron chi connectivity index (χ2n) is 9.68. The lowest BCUT2D eigenvalue weighted by molar-refractivity contribution is 0.0888. The van der Waals surface area contributed by atoms with Gasteiger partial charge in [0.05, 0.1) is 11.8 Å². The van der Waals surface area contributed by atoms with Gasteiger partial charge in [-0.15, -0.1) is 11.8 Å². The second kappa shape index (κ2) is 11.4. The maximum absolute atomic E-state index is 14.0. The van der Waals surface area contributed by atoms with Crippen molar-refractivity contribution in [2.45, 2.75) is 62.4 Å². The van der Waals surface area contributed by atoms with Gasteiger partial charge in [-0.2, -0.15) is 0 Å². The largest absolute Gasteiger partial charge is 0.507 e. The number of nitrogens with zero attached hydrogens (tertiary/aromatic N) is 1. The quantitative estimate of drug-likeness (QED) is 0.375. The molecule has 38 heavy (non-hydrogen) atoms. The molecular weight excluding hydrogens is 505 g/mol. The van der Waals surface area contributed by atoms with Crippen molar-refractivity contribution >= 4 is 23.6 Å². The molecular formula is C29H30FN3O4S. The molecule has 2 heterocycles. The number of pyridine rings is 1. The first-order valence-corrected chi connectivity index (χ1v) is 13.9. The number of ether oxygens (including phenoxy) is 1. The van der Waals surface area contributed by atoms with Crippen molar-refractivity contribution in [2.75, 3.05) is 5.75 Å². The van der Waals surface area contributed by atoms with Gasteiger partial charge in [0.1, 0.15) is 22.9 Å². The lowest BCUT2D eigenvalue weighted by Crippen LogP contribution is -2.43. The van der Waals surface area contributed by atoms with Crippen LogP contribution in [0.2, 0.25) is 0 Å². The van der Waals surface area contributed by atoms with E-state index in [9.17, 15) is 19.1 Å². The number of fused-ring (bicyclic) bond motifs is 1. The van der Waals surface area contributed by atoms with Crippen molar-refractivity contribution < 1.29 is 23.8 Å². The Morgan fingerprint density at radius 1 is 1.03 bits per heavy atom. The lowest BCUT2D eigenvalue weighted by Gasteiger charge is -2.30. The molecule has 1 fully saturated rings. The molecule has 2 aromatic carbocycles. The van der Waals surface area contributed by atoms with E-state index in [1.54, 1.807) is 23.9 Å². The Kier molecular flexibility index (Phi) is 7.83. The van der Waals surface area contributed by atoms with Crippen LogP contribution in [0.15, 0.2) is 53.6 Å². The molecule has 0 saturated heterocycles. The Labute approximate surface area is 225 Å². The van der Waals surface area contributed by atoms with Crippen LogP contribution in [0, 0.1) is 5.82 Å². The van der Waals surface area contributed by atoms with Crippen molar-refractivity contribution in [2.24, 2.45) is 0 Å². The van der Waals surface area contributed by atoms with Crippen molar-refractivity contribution in [1.29, 1.82) is 0 Å². The average molecular weight is 536 g/mol. The van der Waals surface area contributed by atoms with E-state index in [1.165, 1.54) is 5.56 Å². The van der Waals surface area contributed by atoms with Gasteiger partial charge in [0, 0.05) is 22.7 Å². The SMILES string of the molecule is CCc1ccc(C(=O)NC2CCC(NC(=O)c3cc(F)cnc3Oc3ccc4c(c3)SCC4)CC2)c(O)c1. The molecule has 1 aliphatic heterocycles. The van der Waals surface area contributed by atoms with Crippen LogP contribution in [0.25, 0.3) is 0 Å². The molecule has 0 atom stereocenters. The molecule has 0 bridgehead atoms. The highest BCUT2D eigenvalue weighted by Gasteiger charge is 2.26. The van der Waals surface area contributed by atoms with Crippen LogP contribution in [-0.2, 0) is 12.8 Å². The van der Waals surface area contributed by atoms with Crippen LogP contribution in [0.1, 0.15) is 64.4 Å². The van der Waals surface area contributed by atoms with Gasteiger partial charge in [-0.05, 0) is 80.0 Å². The molecule has 198 valence electrons. The molecule has 3 N–H and O–H groups in total. The van der Waals surface area contributed by atoms with E-state index in [4.69, 9.17) is 4.74 Å². The van der Waals surface area contributed by atoms with Crippen LogP contribution in [0.4, 0.5) is 4.39 Å². The summed E-state index contributed by atoms with van der Waals surface area (Å²) < 4.78 is 19.9. The lowest BCUT2D eigenvalue weighted by atomic mass is 9.90. The van der Waals surface area contributed by atoms with E-state index in [1.807, 2.05) is 31.2 Å². The number of phenolic OH excluding ortho intramolecular Hbond substituents is 1. The third-order valence-electron chi connectivity index (χ3n) is 7.06. The number of halogens is 1. The molecule has 9 heteroatoms. The number of phenols is 1. The van der Waals surface area contributed by atoms with Crippen molar-refractivity contribution in [3.05, 3.63) is 76.7 Å². The summed E-state index contributed by atoms with van der Waals surface area (Å²) in [6, 6.07) is 11.8. The predicted octanol–water partition coefficient (Wildman–Crippen LogP) is 5.40. The topological polar surface area (TPSA) is 101 Å². The van der Waals surface area contributed by atoms with Gasteiger partial charge in [-0.25, -0.2) is 9.37 Å². The first-order valence-electron chi connectivity index (χ1n) is 12.9. The minimum absolute atomic E-state index is 0.0248. The molecule has 1 aliphatic carbocycles. The van der Waals surface area contributed by atoms with Gasteiger partial charge < -0.3 is 20.5 Å². The fourth-order valence-corrected chi connectivity index (χ4v) is 5.99. The van der Waals surface area contributed by atoms with E-state index in [2.05, 4.69) is 15.6 Å². The Bertz CT molecular complexity index is 1360. The zero-order valence-corrected chi connectivity index (χ0v) is 21.9. The van der Waals surface area contributed by atoms with Gasteiger partial charge >= 0.3 is 0 Å². The Hall–Kier alpha value is -3.59. The summed E-state index contributed by atoms with van der Waals surface area (Å²) in [6.07, 6.45) is 5.47. The van der Waals surface area contributed by atoms with E-state index in [0.29, 0.717) is 31.4 Å². The number of hydrogen-bond acceptors (Lipinski definition) is 6. The summed E-state index contributed by atoms with van der Waals surface area (Å²) in [4.78, 5) is 30.9. The van der Waals surface area contributed by atoms with Crippen molar-refractivity contribution in [3.63, 3.8) is 0 Å². The van der Waals surface area contributed by atoms with Crippen LogP contribution in [0.5, 0.6) is 17.4 Å². The highest BCUT2D eigenvalue weighted by atomic mass is 32.2. The standard InChI is InChI=1S/C29H30FN3O4S/c1-2-17-3-10-23(25(34)13-17)27(35)32-20-5-7-21(8-6-20)33-28(36)24-14-19(30)16-31-29(24)37-22-9-4-18-11-12-38-26(18)15-22/h3-4,9-10,13-16,20-21,34H,2,5-8,11-12H2,1H3,(H,32,35)(H,33,36). The summed E-state index contributed by atoms with van der Waals surface area (Å²) in [7, 11) is 0. The molecule has 2 amide bonds. The van der Waals surface area contributed by atoms with Crippen LogP contribution in [0.3, 0.4) is 0 Å². The smallest absolute Gasteiger partial charge is 0.257 e. The van der Waals surface area contributed by atoms with Crippen LogP contribution < -0.4 is 15.4 Å². The van der Waals surface area contributed by atoms with Gasteiger partial charge in [0.15, 0.2) is 0 Å². The summed E-state index contributed by atoms with van der Waals surface area (Å²) in [5, 5.41) is 16.2. The monoisotopic (exact) mass is 535 g/mol. The van der Waals surface area contributed by atoms with Crippen molar-refractivity contribution in [3.8, 4) is 17.4 Å². The molecule has 5 rings (SSSR count). The predicted molar refractivity (Wildman–Crippen MR) is 144 cm³/mol. The van der Waals surface area contributed by atoms with E-state index in [0.717, 1.165) is 41.3 Å². The van der Waals surface area contributed by atoms with Crippen LogP contribution in [-0.4, -0.2) is 39.7 Å². The molecule has 1 saturated carbocycles. The highest BCUT2D eigenvalue weighted by Crippen LogP contribution is 2.35. The summed E-state index contributed by atoms with van der Waals surface area (Å²) in [5.41, 5.74) is 2.53. The molecule has 1 aromatic heterocycles. The molecule has 0 radical (unpaired) electrons. The normalized spacial score (nSPS) is 18.5. The number of carbonyl (C=O) groups is 2. The number of thioether (sulfide) groups is 1. The first-order chi connectivity index (χ1) is 18.4. The summed E-state index contributed by atoms with van der Waals surface area (Å²) in [5.74, 6) is 0.240. The molecule has 0 unspecified atom stereocenters. The maximum Gasteiger partial charge on any atom is 0.257 e. The fraction of sp³-hybridized carbons (Fsp3) is 0.345. The van der Waals surface area contributed by atoms with Gasteiger partial charge in [-0.1, -0.05) is 19.1 Å². The van der Waals surface area contributed by atoms with E-state index < -0.39 is 11.7 Å². The number of carbonyl (C=O) groups excluding carboxylic acids is 2. The number of benzene rings is 2. The van der Waals surface area contributed by atoms with Gasteiger partial charge in [0.2, 0.25) is 5.88 Å². The molecule has 7 nitrogen and oxygen atoms in total. The maximum atomic E-state index is 14.0. The minimum Gasteiger partial charge on any atom is -0.507 e. The average Bonchev–Trinajstić information content (AvgIpc) is 3.38. The zero-order chi connectivity index (χ0) is 26.6. The number of nitrogens with one attached hydrogen (secondary N) is 2. The second-order valence-corrected chi connectivity index (χ2v) is 10.8. The number of aromatic hydroxyl groups is 1. The summed E-state index contributed by atoms with van der Waals surface area (Å²) in [6.45, 7) is 1.98. The summed E-state index contributed by atoms with van der Waals surface area (Å²) >= 11 is 1.75. The fourth-order valence-electron chi connectivity index (χ4n) is 4.89. The Morgan fingerprint density at radius 3 is 2.42 bits per heavy atom. The number of rotatable bonds is 7. The van der Waals surface area contributed by atoms with Crippen molar-refractivity contribution in [1.82, 2.24) is 15.6 Å². The Morgan fingerprint density at radius 2 is 1.74 bits per heavy atom. The molecule has 3 aromatic rings. The third kappa shape index (κ3) is 5.93. The number of amides is 2. The number of aromatic nitrogens is 1. The van der Waals surface area contributed by atoms with Gasteiger partial charge in [-0.3, -0.25) is 9.59 Å². The minimum atomic E-state index is -0.617. The zero-order valence-electron chi connectivity index (χ0n) is 21.1.